The lowest BCUT2D eigenvalue weighted by molar-refractivity contribution is -0.159. The number of nitrogens with zero attached hydrogens (tertiary/aromatic N) is 1. The molecule has 1 fully saturated rings. The predicted octanol–water partition coefficient (Wildman–Crippen LogP) is 4.23. The molecule has 1 aromatic heterocycles. The number of nitrogens with one attached hydrogen (secondary N) is 1. The van der Waals surface area contributed by atoms with Gasteiger partial charge in [0.05, 0.1) is 17.9 Å². The number of thioether (sulfide) groups is 1. The van der Waals surface area contributed by atoms with Gasteiger partial charge in [-0.2, -0.15) is 0 Å². The minimum Gasteiger partial charge on any atom is -0.465 e. The van der Waals surface area contributed by atoms with E-state index in [2.05, 4.69) is 5.32 Å². The number of amides is 1. The number of carbonyl (C=O) groups excluding carboxylic acids is 3. The molecule has 0 spiro atoms. The Kier molecular flexibility index (Phi) is 10.4. The van der Waals surface area contributed by atoms with Gasteiger partial charge < -0.3 is 14.4 Å². The highest BCUT2D eigenvalue weighted by Gasteiger charge is 2.36. The van der Waals surface area contributed by atoms with E-state index in [9.17, 15) is 14.4 Å². The van der Waals surface area contributed by atoms with Crippen LogP contribution in [0.25, 0.3) is 0 Å². The molecule has 1 aliphatic heterocycles. The molecule has 2 aromatic rings. The SMILES string of the molecule is CCOC(=O)C(CCc1ccccc1)NC1CSC(c2cccs2)CN(CC(=O)OC(C)(C)C)C1=O. The number of benzene rings is 1. The van der Waals surface area contributed by atoms with E-state index in [0.29, 0.717) is 25.1 Å². The van der Waals surface area contributed by atoms with Crippen molar-refractivity contribution in [2.45, 2.75) is 63.5 Å². The molecular weight excluding hydrogens is 496 g/mol. The second kappa shape index (κ2) is 13.3. The smallest absolute Gasteiger partial charge is 0.326 e. The summed E-state index contributed by atoms with van der Waals surface area (Å²) in [5, 5.41) is 5.33. The summed E-state index contributed by atoms with van der Waals surface area (Å²) in [4.78, 5) is 41.8. The summed E-state index contributed by atoms with van der Waals surface area (Å²) in [5.41, 5.74) is 0.470. The minimum absolute atomic E-state index is 0.0357. The number of hydrogen-bond donors (Lipinski definition) is 1. The van der Waals surface area contributed by atoms with E-state index in [1.54, 1.807) is 55.7 Å². The molecule has 1 aliphatic rings. The molecule has 36 heavy (non-hydrogen) atoms. The summed E-state index contributed by atoms with van der Waals surface area (Å²) in [5.74, 6) is -0.546. The maximum absolute atomic E-state index is 13.6. The molecule has 3 unspecified atom stereocenters. The van der Waals surface area contributed by atoms with Crippen LogP contribution in [0.1, 0.15) is 49.8 Å². The van der Waals surface area contributed by atoms with E-state index in [1.165, 1.54) is 0 Å². The van der Waals surface area contributed by atoms with Crippen molar-refractivity contribution in [3.05, 3.63) is 58.3 Å². The van der Waals surface area contributed by atoms with Gasteiger partial charge in [-0.15, -0.1) is 23.1 Å². The Hall–Kier alpha value is -2.36. The first kappa shape index (κ1) is 28.2. The third kappa shape index (κ3) is 8.64. The van der Waals surface area contributed by atoms with Crippen molar-refractivity contribution >= 4 is 40.9 Å². The van der Waals surface area contributed by atoms with E-state index in [-0.39, 0.29) is 30.3 Å². The lowest BCUT2D eigenvalue weighted by Crippen LogP contribution is -2.54. The zero-order valence-electron chi connectivity index (χ0n) is 21.4. The summed E-state index contributed by atoms with van der Waals surface area (Å²) < 4.78 is 10.8. The molecule has 0 saturated carbocycles. The van der Waals surface area contributed by atoms with Crippen molar-refractivity contribution < 1.29 is 23.9 Å². The Morgan fingerprint density at radius 1 is 1.17 bits per heavy atom. The van der Waals surface area contributed by atoms with Crippen molar-refractivity contribution in [1.82, 2.24) is 10.2 Å². The largest absolute Gasteiger partial charge is 0.465 e. The molecule has 1 N–H and O–H groups in total. The Labute approximate surface area is 221 Å². The summed E-state index contributed by atoms with van der Waals surface area (Å²) in [6.07, 6.45) is 1.17. The highest BCUT2D eigenvalue weighted by molar-refractivity contribution is 7.99. The summed E-state index contributed by atoms with van der Waals surface area (Å²) >= 11 is 3.29. The molecule has 2 heterocycles. The number of aryl methyl sites for hydroxylation is 1. The average Bonchev–Trinajstić information content (AvgIpc) is 3.31. The molecule has 1 aromatic carbocycles. The standard InChI is InChI=1S/C27H36N2O5S2/c1-5-33-26(32)20(14-13-19-10-7-6-8-11-19)28-21-18-36-23(22-12-9-15-35-22)16-29(25(21)31)17-24(30)34-27(2,3)4/h6-12,15,20-21,23,28H,5,13-14,16-18H2,1-4H3. The van der Waals surface area contributed by atoms with Crippen molar-refractivity contribution in [3.63, 3.8) is 0 Å². The molecule has 3 rings (SSSR count). The molecule has 3 atom stereocenters. The first-order chi connectivity index (χ1) is 17.2. The highest BCUT2D eigenvalue weighted by Crippen LogP contribution is 2.35. The van der Waals surface area contributed by atoms with E-state index >= 15 is 0 Å². The Balaban J connectivity index is 1.78. The van der Waals surface area contributed by atoms with Crippen molar-refractivity contribution in [3.8, 4) is 0 Å². The van der Waals surface area contributed by atoms with Gasteiger partial charge in [0.25, 0.3) is 0 Å². The zero-order valence-corrected chi connectivity index (χ0v) is 23.0. The van der Waals surface area contributed by atoms with Crippen LogP contribution in [0, 0.1) is 0 Å². The highest BCUT2D eigenvalue weighted by atomic mass is 32.2. The zero-order chi connectivity index (χ0) is 26.1. The third-order valence-corrected chi connectivity index (χ3v) is 8.06. The number of ether oxygens (including phenoxy) is 2. The van der Waals surface area contributed by atoms with Crippen LogP contribution in [-0.2, 0) is 30.3 Å². The topological polar surface area (TPSA) is 84.9 Å². The van der Waals surface area contributed by atoms with E-state index in [4.69, 9.17) is 9.47 Å². The predicted molar refractivity (Wildman–Crippen MR) is 144 cm³/mol. The Bertz CT molecular complexity index is 991. The van der Waals surface area contributed by atoms with Gasteiger partial charge in [-0.05, 0) is 57.5 Å². The second-order valence-corrected chi connectivity index (χ2v) is 11.9. The first-order valence-electron chi connectivity index (χ1n) is 12.3. The quantitative estimate of drug-likeness (QED) is 0.459. The number of rotatable bonds is 10. The van der Waals surface area contributed by atoms with Crippen molar-refractivity contribution in [1.29, 1.82) is 0 Å². The van der Waals surface area contributed by atoms with Gasteiger partial charge >= 0.3 is 11.9 Å². The van der Waals surface area contributed by atoms with Crippen LogP contribution >= 0.6 is 23.1 Å². The van der Waals surface area contributed by atoms with Crippen LogP contribution in [0.4, 0.5) is 0 Å². The summed E-state index contributed by atoms with van der Waals surface area (Å²) in [7, 11) is 0. The van der Waals surface area contributed by atoms with E-state index in [1.807, 2.05) is 47.8 Å². The molecule has 7 nitrogen and oxygen atoms in total. The maximum atomic E-state index is 13.6. The van der Waals surface area contributed by atoms with Gasteiger partial charge in [0.2, 0.25) is 5.91 Å². The molecule has 0 aliphatic carbocycles. The fourth-order valence-corrected chi connectivity index (χ4v) is 6.26. The van der Waals surface area contributed by atoms with Crippen LogP contribution in [0.5, 0.6) is 0 Å². The first-order valence-corrected chi connectivity index (χ1v) is 14.2. The number of hydrogen-bond acceptors (Lipinski definition) is 8. The Morgan fingerprint density at radius 2 is 1.92 bits per heavy atom. The molecule has 0 radical (unpaired) electrons. The molecule has 0 bridgehead atoms. The number of esters is 2. The average molecular weight is 533 g/mol. The lowest BCUT2D eigenvalue weighted by Gasteiger charge is -2.28. The fraction of sp³-hybridized carbons (Fsp3) is 0.519. The fourth-order valence-electron chi connectivity index (χ4n) is 4.00. The minimum atomic E-state index is -0.641. The van der Waals surface area contributed by atoms with Crippen LogP contribution in [0.15, 0.2) is 47.8 Å². The summed E-state index contributed by atoms with van der Waals surface area (Å²) in [6.45, 7) is 7.72. The van der Waals surface area contributed by atoms with Crippen LogP contribution in [-0.4, -0.2) is 65.9 Å². The Morgan fingerprint density at radius 3 is 2.56 bits per heavy atom. The van der Waals surface area contributed by atoms with Crippen LogP contribution in [0.2, 0.25) is 0 Å². The number of carbonyl (C=O) groups is 3. The monoisotopic (exact) mass is 532 g/mol. The van der Waals surface area contributed by atoms with Gasteiger partial charge in [0, 0.05) is 17.2 Å². The summed E-state index contributed by atoms with van der Waals surface area (Å²) in [6, 6.07) is 12.7. The molecule has 1 amide bonds. The van der Waals surface area contributed by atoms with Gasteiger partial charge in [0.15, 0.2) is 0 Å². The van der Waals surface area contributed by atoms with Gasteiger partial charge in [-0.25, -0.2) is 0 Å². The van der Waals surface area contributed by atoms with Crippen molar-refractivity contribution in [2.24, 2.45) is 0 Å². The second-order valence-electron chi connectivity index (χ2n) is 9.69. The van der Waals surface area contributed by atoms with Gasteiger partial charge in [-0.3, -0.25) is 19.7 Å². The van der Waals surface area contributed by atoms with Crippen molar-refractivity contribution in [2.75, 3.05) is 25.4 Å². The van der Waals surface area contributed by atoms with Crippen LogP contribution in [0.3, 0.4) is 0 Å². The van der Waals surface area contributed by atoms with Gasteiger partial charge in [-0.1, -0.05) is 36.4 Å². The molecule has 1 saturated heterocycles. The lowest BCUT2D eigenvalue weighted by atomic mass is 10.0. The van der Waals surface area contributed by atoms with Gasteiger partial charge in [0.1, 0.15) is 18.2 Å². The third-order valence-electron chi connectivity index (χ3n) is 5.60. The normalized spacial score (nSPS) is 19.4. The van der Waals surface area contributed by atoms with Crippen LogP contribution < -0.4 is 5.32 Å². The van der Waals surface area contributed by atoms with E-state index in [0.717, 1.165) is 10.4 Å². The molecule has 196 valence electrons. The maximum Gasteiger partial charge on any atom is 0.326 e. The number of thiophene rings is 1. The molecular formula is C27H36N2O5S2. The molecule has 9 heteroatoms. The van der Waals surface area contributed by atoms with E-state index < -0.39 is 23.7 Å².